The number of aromatic nitrogens is 1. The summed E-state index contributed by atoms with van der Waals surface area (Å²) in [5.74, 6) is -0.689. The molecule has 5 rings (SSSR count). The number of anilines is 1. The number of aromatic hydroxyl groups is 1. The van der Waals surface area contributed by atoms with Gasteiger partial charge in [0.25, 0.3) is 0 Å². The molecule has 0 unspecified atom stereocenters. The minimum atomic E-state index is -0.459. The molecule has 1 aromatic heterocycles. The maximum absolute atomic E-state index is 15.2. The van der Waals surface area contributed by atoms with Crippen molar-refractivity contribution in [2.75, 3.05) is 24.6 Å². The van der Waals surface area contributed by atoms with Gasteiger partial charge in [0.1, 0.15) is 23.8 Å². The molecular weight excluding hydrogens is 461 g/mol. The highest BCUT2D eigenvalue weighted by Crippen LogP contribution is 2.33. The Bertz CT molecular complexity index is 1350. The van der Waals surface area contributed by atoms with Crippen molar-refractivity contribution in [1.29, 1.82) is 0 Å². The molecule has 1 saturated heterocycles. The van der Waals surface area contributed by atoms with Crippen molar-refractivity contribution in [2.45, 2.75) is 39.5 Å². The third-order valence-corrected chi connectivity index (χ3v) is 6.72. The molecule has 7 nitrogen and oxygen atoms in total. The van der Waals surface area contributed by atoms with E-state index in [-0.39, 0.29) is 24.5 Å². The molecule has 8 heteroatoms. The van der Waals surface area contributed by atoms with Gasteiger partial charge in [0.2, 0.25) is 0 Å². The molecule has 0 amide bonds. The molecule has 1 fully saturated rings. The number of carbonyl (C=O) groups excluding carboxylic acids is 1. The summed E-state index contributed by atoms with van der Waals surface area (Å²) >= 11 is 0. The van der Waals surface area contributed by atoms with Crippen molar-refractivity contribution in [2.24, 2.45) is 5.16 Å². The van der Waals surface area contributed by atoms with Crippen LogP contribution in [0.1, 0.15) is 41.6 Å². The third kappa shape index (κ3) is 4.89. The van der Waals surface area contributed by atoms with Crippen LogP contribution in [0.5, 0.6) is 11.5 Å². The molecule has 3 aromatic rings. The lowest BCUT2D eigenvalue weighted by molar-refractivity contribution is -0.140. The standard InChI is InChI=1S/C28H28FN3O4/c1-17-12-25(35-16-21-15-26(34)36-31-21)27(29)18(2)23(17)14-20-8-9-24(33)28(30-20)19-6-5-7-22(13-19)32-10-3-4-11-32/h5-9,12-13,33H,3-4,10-11,14-16H2,1-2H3. The van der Waals surface area contributed by atoms with E-state index in [9.17, 15) is 9.90 Å². The molecule has 0 saturated carbocycles. The van der Waals surface area contributed by atoms with Gasteiger partial charge in [-0.3, -0.25) is 0 Å². The first-order valence-electron chi connectivity index (χ1n) is 12.1. The van der Waals surface area contributed by atoms with E-state index in [1.165, 1.54) is 12.8 Å². The van der Waals surface area contributed by atoms with Gasteiger partial charge in [-0.15, -0.1) is 0 Å². The maximum Gasteiger partial charge on any atom is 0.340 e. The lowest BCUT2D eigenvalue weighted by Crippen LogP contribution is -2.17. The Kier molecular flexibility index (Phi) is 6.59. The number of ether oxygens (including phenoxy) is 1. The molecule has 2 aromatic carbocycles. The zero-order valence-corrected chi connectivity index (χ0v) is 20.4. The smallest absolute Gasteiger partial charge is 0.340 e. The first kappa shape index (κ1) is 23.8. The van der Waals surface area contributed by atoms with Gasteiger partial charge < -0.3 is 19.6 Å². The van der Waals surface area contributed by atoms with Gasteiger partial charge in [-0.25, -0.2) is 14.2 Å². The second-order valence-electron chi connectivity index (χ2n) is 9.29. The Balaban J connectivity index is 1.38. The second kappa shape index (κ2) is 9.97. The van der Waals surface area contributed by atoms with E-state index < -0.39 is 11.8 Å². The Labute approximate surface area is 209 Å². The Morgan fingerprint density at radius 1 is 1.14 bits per heavy atom. The average molecular weight is 490 g/mol. The van der Waals surface area contributed by atoms with Crippen LogP contribution in [0.25, 0.3) is 11.3 Å². The van der Waals surface area contributed by atoms with Crippen LogP contribution < -0.4 is 9.64 Å². The van der Waals surface area contributed by atoms with Gasteiger partial charge in [-0.1, -0.05) is 17.3 Å². The summed E-state index contributed by atoms with van der Waals surface area (Å²) in [7, 11) is 0. The number of carbonyl (C=O) groups is 1. The minimum absolute atomic E-state index is 0.0136. The highest BCUT2D eigenvalue weighted by molar-refractivity contribution is 6.02. The van der Waals surface area contributed by atoms with E-state index in [1.807, 2.05) is 19.1 Å². The fourth-order valence-electron chi connectivity index (χ4n) is 4.73. The highest BCUT2D eigenvalue weighted by Gasteiger charge is 2.21. The van der Waals surface area contributed by atoms with Crippen LogP contribution >= 0.6 is 0 Å². The number of hydrogen-bond donors (Lipinski definition) is 1. The van der Waals surface area contributed by atoms with Crippen LogP contribution in [0.15, 0.2) is 47.6 Å². The topological polar surface area (TPSA) is 84.2 Å². The van der Waals surface area contributed by atoms with E-state index in [4.69, 9.17) is 9.72 Å². The van der Waals surface area contributed by atoms with Gasteiger partial charge in [0.05, 0.1) is 6.42 Å². The van der Waals surface area contributed by atoms with Gasteiger partial charge >= 0.3 is 5.97 Å². The summed E-state index contributed by atoms with van der Waals surface area (Å²) in [6.07, 6.45) is 2.83. The first-order chi connectivity index (χ1) is 17.4. The number of halogens is 1. The van der Waals surface area contributed by atoms with E-state index in [1.54, 1.807) is 25.1 Å². The molecule has 3 heterocycles. The van der Waals surface area contributed by atoms with Gasteiger partial charge in [0.15, 0.2) is 11.6 Å². The predicted molar refractivity (Wildman–Crippen MR) is 135 cm³/mol. The number of rotatable bonds is 7. The Hall–Kier alpha value is -3.94. The molecule has 36 heavy (non-hydrogen) atoms. The molecule has 2 aliphatic heterocycles. The second-order valence-corrected chi connectivity index (χ2v) is 9.29. The first-order valence-corrected chi connectivity index (χ1v) is 12.1. The molecule has 0 radical (unpaired) electrons. The Morgan fingerprint density at radius 3 is 2.69 bits per heavy atom. The number of oxime groups is 1. The largest absolute Gasteiger partial charge is 0.506 e. The molecular formula is C28H28FN3O4. The number of hydrogen-bond acceptors (Lipinski definition) is 7. The molecule has 1 N–H and O–H groups in total. The molecule has 0 aliphatic carbocycles. The number of aryl methyl sites for hydroxylation is 1. The molecule has 186 valence electrons. The van der Waals surface area contributed by atoms with Gasteiger partial charge in [0, 0.05) is 36.5 Å². The molecule has 0 spiro atoms. The van der Waals surface area contributed by atoms with Crippen LogP contribution in [0.3, 0.4) is 0 Å². The molecule has 0 bridgehead atoms. The van der Waals surface area contributed by atoms with E-state index in [0.717, 1.165) is 41.2 Å². The van der Waals surface area contributed by atoms with Crippen LogP contribution in [0.4, 0.5) is 10.1 Å². The lowest BCUT2D eigenvalue weighted by Gasteiger charge is -2.18. The SMILES string of the molecule is Cc1cc(OCC2=NOC(=O)C2)c(F)c(C)c1Cc1ccc(O)c(-c2cccc(N3CCCC3)c2)n1. The van der Waals surface area contributed by atoms with Crippen LogP contribution in [0, 0.1) is 19.7 Å². The van der Waals surface area contributed by atoms with Crippen molar-refractivity contribution < 1.29 is 23.9 Å². The number of nitrogens with zero attached hydrogens (tertiary/aromatic N) is 3. The zero-order valence-electron chi connectivity index (χ0n) is 20.4. The normalized spacial score (nSPS) is 15.2. The fourth-order valence-corrected chi connectivity index (χ4v) is 4.73. The monoisotopic (exact) mass is 489 g/mol. The van der Waals surface area contributed by atoms with Crippen molar-refractivity contribution in [3.05, 3.63) is 70.7 Å². The van der Waals surface area contributed by atoms with Gasteiger partial charge in [-0.05, 0) is 73.7 Å². The van der Waals surface area contributed by atoms with Crippen LogP contribution in [0.2, 0.25) is 0 Å². The number of benzene rings is 2. The summed E-state index contributed by atoms with van der Waals surface area (Å²) in [5, 5.41) is 14.2. The van der Waals surface area contributed by atoms with E-state index in [2.05, 4.69) is 27.0 Å². The minimum Gasteiger partial charge on any atom is -0.506 e. The summed E-state index contributed by atoms with van der Waals surface area (Å²) in [5.41, 5.74) is 5.78. The van der Waals surface area contributed by atoms with Crippen LogP contribution in [-0.2, 0) is 16.1 Å². The number of pyridine rings is 1. The summed E-state index contributed by atoms with van der Waals surface area (Å²) in [4.78, 5) is 22.8. The van der Waals surface area contributed by atoms with Crippen molar-refractivity contribution >= 4 is 17.4 Å². The average Bonchev–Trinajstić information content (AvgIpc) is 3.56. The summed E-state index contributed by atoms with van der Waals surface area (Å²) in [6.45, 7) is 5.67. The van der Waals surface area contributed by atoms with Crippen molar-refractivity contribution in [3.8, 4) is 22.8 Å². The quantitative estimate of drug-likeness (QED) is 0.466. The molecule has 0 atom stereocenters. The lowest BCUT2D eigenvalue weighted by atomic mass is 9.96. The zero-order chi connectivity index (χ0) is 25.2. The van der Waals surface area contributed by atoms with E-state index >= 15 is 4.39 Å². The maximum atomic E-state index is 15.2. The summed E-state index contributed by atoms with van der Waals surface area (Å²) < 4.78 is 20.8. The molecule has 2 aliphatic rings. The Morgan fingerprint density at radius 2 is 1.94 bits per heavy atom. The summed E-state index contributed by atoms with van der Waals surface area (Å²) in [6, 6.07) is 13.1. The van der Waals surface area contributed by atoms with Gasteiger partial charge in [-0.2, -0.15) is 0 Å². The predicted octanol–water partition coefficient (Wildman–Crippen LogP) is 5.08. The van der Waals surface area contributed by atoms with E-state index in [0.29, 0.717) is 23.4 Å². The van der Waals surface area contributed by atoms with Crippen molar-refractivity contribution in [1.82, 2.24) is 4.98 Å². The third-order valence-electron chi connectivity index (χ3n) is 6.72. The van der Waals surface area contributed by atoms with Crippen molar-refractivity contribution in [3.63, 3.8) is 0 Å². The fraction of sp³-hybridized carbons (Fsp3) is 0.321. The highest BCUT2D eigenvalue weighted by atomic mass is 19.1. The van der Waals surface area contributed by atoms with Crippen LogP contribution in [-0.4, -0.2) is 41.5 Å².